The van der Waals surface area contributed by atoms with Crippen LogP contribution in [0.3, 0.4) is 0 Å². The number of rotatable bonds is 3. The first-order valence-electron chi connectivity index (χ1n) is 8.13. The van der Waals surface area contributed by atoms with Crippen LogP contribution in [0.25, 0.3) is 0 Å². The standard InChI is InChI=1S/C16H28N2O3/c1-4-6-14(19)17-8-5-7-13(11-17)15(20)18-9-10-21-16(2,3)12-18/h13H,4-12H2,1-3H3/t13-/m1/s1. The van der Waals surface area contributed by atoms with Crippen molar-refractivity contribution >= 4 is 11.8 Å². The number of morpholine rings is 1. The van der Waals surface area contributed by atoms with Gasteiger partial charge in [0, 0.05) is 32.6 Å². The van der Waals surface area contributed by atoms with E-state index in [0.29, 0.717) is 32.7 Å². The third kappa shape index (κ3) is 4.19. The zero-order valence-corrected chi connectivity index (χ0v) is 13.6. The summed E-state index contributed by atoms with van der Waals surface area (Å²) in [6.07, 6.45) is 3.28. The summed E-state index contributed by atoms with van der Waals surface area (Å²) >= 11 is 0. The molecule has 0 bridgehead atoms. The van der Waals surface area contributed by atoms with Gasteiger partial charge in [-0.2, -0.15) is 0 Å². The fraction of sp³-hybridized carbons (Fsp3) is 0.875. The second-order valence-electron chi connectivity index (χ2n) is 6.80. The van der Waals surface area contributed by atoms with Crippen LogP contribution >= 0.6 is 0 Å². The fourth-order valence-corrected chi connectivity index (χ4v) is 3.24. The molecule has 5 nitrogen and oxygen atoms in total. The van der Waals surface area contributed by atoms with E-state index in [-0.39, 0.29) is 23.3 Å². The van der Waals surface area contributed by atoms with E-state index in [1.54, 1.807) is 0 Å². The monoisotopic (exact) mass is 296 g/mol. The Bertz CT molecular complexity index is 395. The molecule has 0 spiro atoms. The second-order valence-corrected chi connectivity index (χ2v) is 6.80. The Morgan fingerprint density at radius 1 is 1.24 bits per heavy atom. The molecular weight excluding hydrogens is 268 g/mol. The first kappa shape index (κ1) is 16.3. The van der Waals surface area contributed by atoms with Crippen molar-refractivity contribution in [2.24, 2.45) is 5.92 Å². The van der Waals surface area contributed by atoms with Crippen LogP contribution in [-0.4, -0.2) is 60.0 Å². The molecule has 0 aromatic rings. The van der Waals surface area contributed by atoms with E-state index >= 15 is 0 Å². The van der Waals surface area contributed by atoms with E-state index in [9.17, 15) is 9.59 Å². The van der Waals surface area contributed by atoms with Crippen LogP contribution in [-0.2, 0) is 14.3 Å². The highest BCUT2D eigenvalue weighted by molar-refractivity contribution is 5.81. The fourth-order valence-electron chi connectivity index (χ4n) is 3.24. The molecule has 5 heteroatoms. The molecule has 0 N–H and O–H groups in total. The van der Waals surface area contributed by atoms with Gasteiger partial charge in [0.05, 0.1) is 18.1 Å². The molecule has 2 amide bonds. The molecule has 0 aromatic carbocycles. The van der Waals surface area contributed by atoms with Crippen molar-refractivity contribution in [1.29, 1.82) is 0 Å². The quantitative estimate of drug-likeness (QED) is 0.796. The highest BCUT2D eigenvalue weighted by Crippen LogP contribution is 2.23. The second kappa shape index (κ2) is 6.77. The Hall–Kier alpha value is -1.10. The number of nitrogens with zero attached hydrogens (tertiary/aromatic N) is 2. The van der Waals surface area contributed by atoms with Gasteiger partial charge >= 0.3 is 0 Å². The van der Waals surface area contributed by atoms with E-state index < -0.39 is 0 Å². The largest absolute Gasteiger partial charge is 0.372 e. The zero-order valence-electron chi connectivity index (χ0n) is 13.6. The van der Waals surface area contributed by atoms with Gasteiger partial charge in [0.25, 0.3) is 0 Å². The number of ether oxygens (including phenoxy) is 1. The van der Waals surface area contributed by atoms with Gasteiger partial charge in [-0.05, 0) is 33.1 Å². The van der Waals surface area contributed by atoms with E-state index in [2.05, 4.69) is 0 Å². The minimum atomic E-state index is -0.264. The van der Waals surface area contributed by atoms with Crippen LogP contribution in [0.2, 0.25) is 0 Å². The lowest BCUT2D eigenvalue weighted by Gasteiger charge is -2.41. The van der Waals surface area contributed by atoms with Crippen LogP contribution in [0.1, 0.15) is 46.5 Å². The first-order chi connectivity index (χ1) is 9.93. The lowest BCUT2D eigenvalue weighted by atomic mass is 9.95. The van der Waals surface area contributed by atoms with Gasteiger partial charge in [-0.15, -0.1) is 0 Å². The molecule has 0 aliphatic carbocycles. The van der Waals surface area contributed by atoms with Crippen LogP contribution in [0.15, 0.2) is 0 Å². The van der Waals surface area contributed by atoms with Gasteiger partial charge in [-0.3, -0.25) is 9.59 Å². The number of piperidine rings is 1. The van der Waals surface area contributed by atoms with E-state index in [1.807, 2.05) is 30.6 Å². The molecule has 0 saturated carbocycles. The summed E-state index contributed by atoms with van der Waals surface area (Å²) in [4.78, 5) is 28.5. The predicted octanol–water partition coefficient (Wildman–Crippen LogP) is 1.66. The molecule has 2 rings (SSSR count). The van der Waals surface area contributed by atoms with Crippen LogP contribution in [0.4, 0.5) is 0 Å². The van der Waals surface area contributed by atoms with Gasteiger partial charge in [0.1, 0.15) is 0 Å². The van der Waals surface area contributed by atoms with E-state index in [1.165, 1.54) is 0 Å². The maximum absolute atomic E-state index is 12.7. The molecule has 0 aromatic heterocycles. The van der Waals surface area contributed by atoms with E-state index in [4.69, 9.17) is 4.74 Å². The zero-order chi connectivity index (χ0) is 15.5. The SMILES string of the molecule is CCCC(=O)N1CCC[C@@H](C(=O)N2CCOC(C)(C)C2)C1. The summed E-state index contributed by atoms with van der Waals surface area (Å²) in [5, 5.41) is 0. The minimum absolute atomic E-state index is 0.0338. The Labute approximate surface area is 127 Å². The molecule has 2 saturated heterocycles. The Balaban J connectivity index is 1.94. The molecule has 2 aliphatic rings. The third-order valence-corrected chi connectivity index (χ3v) is 4.32. The Kier molecular flexibility index (Phi) is 5.25. The minimum Gasteiger partial charge on any atom is -0.372 e. The molecule has 120 valence electrons. The molecule has 1 atom stereocenters. The first-order valence-corrected chi connectivity index (χ1v) is 8.13. The van der Waals surface area contributed by atoms with Crippen molar-refractivity contribution < 1.29 is 14.3 Å². The number of likely N-dealkylation sites (tertiary alicyclic amines) is 1. The van der Waals surface area contributed by atoms with Crippen molar-refractivity contribution in [2.75, 3.05) is 32.8 Å². The number of hydrogen-bond donors (Lipinski definition) is 0. The third-order valence-electron chi connectivity index (χ3n) is 4.32. The Morgan fingerprint density at radius 2 is 2.00 bits per heavy atom. The maximum Gasteiger partial charge on any atom is 0.227 e. The van der Waals surface area contributed by atoms with Crippen LogP contribution in [0, 0.1) is 5.92 Å². The average Bonchev–Trinajstić information content (AvgIpc) is 2.46. The number of amides is 2. The summed E-state index contributed by atoms with van der Waals surface area (Å²) in [6.45, 7) is 9.36. The van der Waals surface area contributed by atoms with Crippen molar-refractivity contribution in [1.82, 2.24) is 9.80 Å². The summed E-state index contributed by atoms with van der Waals surface area (Å²) in [7, 11) is 0. The van der Waals surface area contributed by atoms with Crippen molar-refractivity contribution in [3.8, 4) is 0 Å². The van der Waals surface area contributed by atoms with Gasteiger partial charge in [-0.1, -0.05) is 6.92 Å². The molecule has 2 heterocycles. The van der Waals surface area contributed by atoms with Gasteiger partial charge in [0.2, 0.25) is 11.8 Å². The molecule has 21 heavy (non-hydrogen) atoms. The number of carbonyl (C=O) groups is 2. The molecule has 2 fully saturated rings. The maximum atomic E-state index is 12.7. The van der Waals surface area contributed by atoms with Crippen molar-refractivity contribution in [3.63, 3.8) is 0 Å². The Morgan fingerprint density at radius 3 is 2.67 bits per heavy atom. The predicted molar refractivity (Wildman–Crippen MR) is 80.8 cm³/mol. The van der Waals surface area contributed by atoms with E-state index in [0.717, 1.165) is 25.8 Å². The van der Waals surface area contributed by atoms with Gasteiger partial charge in [0.15, 0.2) is 0 Å². The number of carbonyl (C=O) groups excluding carboxylic acids is 2. The van der Waals surface area contributed by atoms with Crippen LogP contribution in [0.5, 0.6) is 0 Å². The van der Waals surface area contributed by atoms with Crippen LogP contribution < -0.4 is 0 Å². The summed E-state index contributed by atoms with van der Waals surface area (Å²) in [5.41, 5.74) is -0.264. The highest BCUT2D eigenvalue weighted by atomic mass is 16.5. The highest BCUT2D eigenvalue weighted by Gasteiger charge is 2.35. The van der Waals surface area contributed by atoms with Crippen molar-refractivity contribution in [2.45, 2.75) is 52.1 Å². The molecule has 2 aliphatic heterocycles. The van der Waals surface area contributed by atoms with Gasteiger partial charge in [-0.25, -0.2) is 0 Å². The topological polar surface area (TPSA) is 49.9 Å². The van der Waals surface area contributed by atoms with Gasteiger partial charge < -0.3 is 14.5 Å². The lowest BCUT2D eigenvalue weighted by Crippen LogP contribution is -2.54. The molecule has 0 radical (unpaired) electrons. The summed E-state index contributed by atoms with van der Waals surface area (Å²) in [6, 6.07) is 0. The lowest BCUT2D eigenvalue weighted by molar-refractivity contribution is -0.152. The molecular formula is C16H28N2O3. The molecule has 0 unspecified atom stereocenters. The number of hydrogen-bond acceptors (Lipinski definition) is 3. The van der Waals surface area contributed by atoms with Crippen molar-refractivity contribution in [3.05, 3.63) is 0 Å². The normalized spacial score (nSPS) is 25.8. The smallest absolute Gasteiger partial charge is 0.227 e. The average molecular weight is 296 g/mol. The summed E-state index contributed by atoms with van der Waals surface area (Å²) < 4.78 is 5.67. The summed E-state index contributed by atoms with van der Waals surface area (Å²) in [5.74, 6) is 0.353.